The number of para-hydroxylation sites is 1. The zero-order valence-corrected chi connectivity index (χ0v) is 17.6. The predicted molar refractivity (Wildman–Crippen MR) is 116 cm³/mol. The van der Waals surface area contributed by atoms with Crippen molar-refractivity contribution < 1.29 is 4.74 Å². The van der Waals surface area contributed by atoms with Gasteiger partial charge in [-0.25, -0.2) is 0 Å². The molecular weight excluding hydrogens is 330 g/mol. The van der Waals surface area contributed by atoms with Gasteiger partial charge < -0.3 is 10.5 Å². The molecule has 1 unspecified atom stereocenters. The van der Waals surface area contributed by atoms with E-state index in [4.69, 9.17) is 10.5 Å². The first-order valence-corrected chi connectivity index (χ1v) is 10.6. The number of hydrogen-bond acceptors (Lipinski definition) is 2. The van der Waals surface area contributed by atoms with Crippen molar-refractivity contribution in [3.63, 3.8) is 0 Å². The summed E-state index contributed by atoms with van der Waals surface area (Å²) in [5.41, 5.74) is 9.62. The molecule has 0 heterocycles. The monoisotopic (exact) mass is 367 g/mol. The molecule has 0 fully saturated rings. The summed E-state index contributed by atoms with van der Waals surface area (Å²) in [6.07, 6.45) is 8.93. The molecule has 0 aliphatic heterocycles. The van der Waals surface area contributed by atoms with Gasteiger partial charge in [-0.05, 0) is 56.4 Å². The van der Waals surface area contributed by atoms with Crippen molar-refractivity contribution in [1.29, 1.82) is 0 Å². The molecule has 1 atom stereocenters. The summed E-state index contributed by atoms with van der Waals surface area (Å²) in [7, 11) is 0. The first-order chi connectivity index (χ1) is 12.9. The highest BCUT2D eigenvalue weighted by Gasteiger charge is 2.22. The maximum Gasteiger partial charge on any atom is 0.123 e. The minimum Gasteiger partial charge on any atom is -0.486 e. The second-order valence-corrected chi connectivity index (χ2v) is 8.19. The standard InChI is InChI=1S/C25H37NO/c1-5-6-7-8-9-10-15-21-16-11-14-19-24(21)27-20(2)22-17-12-13-18-23(22)25(3,4)26/h11-14,16-20H,5-10,15,26H2,1-4H3. The van der Waals surface area contributed by atoms with Crippen LogP contribution in [0.4, 0.5) is 0 Å². The van der Waals surface area contributed by atoms with Crippen molar-refractivity contribution in [2.75, 3.05) is 0 Å². The number of ether oxygens (including phenoxy) is 1. The minimum atomic E-state index is -0.383. The summed E-state index contributed by atoms with van der Waals surface area (Å²) in [4.78, 5) is 0. The summed E-state index contributed by atoms with van der Waals surface area (Å²) >= 11 is 0. The van der Waals surface area contributed by atoms with Crippen LogP contribution in [-0.2, 0) is 12.0 Å². The van der Waals surface area contributed by atoms with Crippen LogP contribution in [0.15, 0.2) is 48.5 Å². The second-order valence-electron chi connectivity index (χ2n) is 8.19. The van der Waals surface area contributed by atoms with Gasteiger partial charge in [-0.2, -0.15) is 0 Å². The van der Waals surface area contributed by atoms with Crippen molar-refractivity contribution in [2.45, 2.75) is 84.3 Å². The third kappa shape index (κ3) is 6.70. The van der Waals surface area contributed by atoms with Gasteiger partial charge in [-0.15, -0.1) is 0 Å². The summed E-state index contributed by atoms with van der Waals surface area (Å²) in [6.45, 7) is 8.47. The number of benzene rings is 2. The molecule has 2 heteroatoms. The molecule has 2 nitrogen and oxygen atoms in total. The lowest BCUT2D eigenvalue weighted by Crippen LogP contribution is -2.30. The van der Waals surface area contributed by atoms with Crippen molar-refractivity contribution in [2.24, 2.45) is 5.73 Å². The average Bonchev–Trinajstić information content (AvgIpc) is 2.65. The Hall–Kier alpha value is -1.80. The average molecular weight is 368 g/mol. The maximum atomic E-state index is 6.41. The zero-order chi connectivity index (χ0) is 19.7. The lowest BCUT2D eigenvalue weighted by atomic mass is 9.89. The molecule has 0 radical (unpaired) electrons. The van der Waals surface area contributed by atoms with Gasteiger partial charge in [0.25, 0.3) is 0 Å². The van der Waals surface area contributed by atoms with Crippen molar-refractivity contribution in [1.82, 2.24) is 0 Å². The molecule has 2 aromatic rings. The van der Waals surface area contributed by atoms with Crippen LogP contribution in [-0.4, -0.2) is 0 Å². The Morgan fingerprint density at radius 1 is 0.889 bits per heavy atom. The molecule has 0 aromatic heterocycles. The topological polar surface area (TPSA) is 35.2 Å². The fourth-order valence-electron chi connectivity index (χ4n) is 3.61. The molecular formula is C25H37NO. The molecule has 27 heavy (non-hydrogen) atoms. The van der Waals surface area contributed by atoms with Crippen molar-refractivity contribution in [3.05, 3.63) is 65.2 Å². The van der Waals surface area contributed by atoms with E-state index in [1.165, 1.54) is 49.7 Å². The molecule has 0 saturated carbocycles. The molecule has 2 rings (SSSR count). The van der Waals surface area contributed by atoms with Crippen LogP contribution in [0.25, 0.3) is 0 Å². The largest absolute Gasteiger partial charge is 0.486 e. The Balaban J connectivity index is 2.03. The van der Waals surface area contributed by atoms with Crippen LogP contribution in [0.5, 0.6) is 5.75 Å². The Bertz CT molecular complexity index is 687. The number of nitrogens with two attached hydrogens (primary N) is 1. The predicted octanol–water partition coefficient (Wildman–Crippen LogP) is 6.92. The lowest BCUT2D eigenvalue weighted by molar-refractivity contribution is 0.221. The van der Waals surface area contributed by atoms with E-state index in [2.05, 4.69) is 56.3 Å². The smallest absolute Gasteiger partial charge is 0.123 e. The van der Waals surface area contributed by atoms with E-state index in [1.807, 2.05) is 19.9 Å². The van der Waals surface area contributed by atoms with E-state index in [1.54, 1.807) is 0 Å². The van der Waals surface area contributed by atoms with Gasteiger partial charge in [0.15, 0.2) is 0 Å². The van der Waals surface area contributed by atoms with E-state index in [0.717, 1.165) is 17.7 Å². The first kappa shape index (κ1) is 21.5. The normalized spacial score (nSPS) is 12.8. The highest BCUT2D eigenvalue weighted by atomic mass is 16.5. The third-order valence-electron chi connectivity index (χ3n) is 5.17. The molecule has 148 valence electrons. The fourth-order valence-corrected chi connectivity index (χ4v) is 3.61. The van der Waals surface area contributed by atoms with Crippen LogP contribution >= 0.6 is 0 Å². The summed E-state index contributed by atoms with van der Waals surface area (Å²) in [5, 5.41) is 0. The maximum absolute atomic E-state index is 6.41. The highest BCUT2D eigenvalue weighted by molar-refractivity contribution is 5.37. The second kappa shape index (κ2) is 10.5. The van der Waals surface area contributed by atoms with E-state index in [9.17, 15) is 0 Å². The van der Waals surface area contributed by atoms with Gasteiger partial charge in [-0.1, -0.05) is 81.5 Å². The van der Waals surface area contributed by atoms with Crippen molar-refractivity contribution >= 4 is 0 Å². The zero-order valence-electron chi connectivity index (χ0n) is 17.6. The SMILES string of the molecule is CCCCCCCCc1ccccc1OC(C)c1ccccc1C(C)(C)N. The fraction of sp³-hybridized carbons (Fsp3) is 0.520. The van der Waals surface area contributed by atoms with Crippen LogP contribution in [0.1, 0.15) is 89.0 Å². The van der Waals surface area contributed by atoms with Crippen LogP contribution in [0, 0.1) is 0 Å². The van der Waals surface area contributed by atoms with E-state index >= 15 is 0 Å². The molecule has 2 aromatic carbocycles. The molecule has 2 N–H and O–H groups in total. The van der Waals surface area contributed by atoms with Gasteiger partial charge in [0, 0.05) is 5.54 Å². The highest BCUT2D eigenvalue weighted by Crippen LogP contribution is 2.31. The van der Waals surface area contributed by atoms with E-state index < -0.39 is 0 Å². The van der Waals surface area contributed by atoms with Gasteiger partial charge in [0.1, 0.15) is 11.9 Å². The Morgan fingerprint density at radius 3 is 2.26 bits per heavy atom. The Morgan fingerprint density at radius 2 is 1.52 bits per heavy atom. The molecule has 0 aliphatic rings. The van der Waals surface area contributed by atoms with E-state index in [0.29, 0.717) is 0 Å². The molecule has 0 aliphatic carbocycles. The van der Waals surface area contributed by atoms with Crippen LogP contribution in [0.3, 0.4) is 0 Å². The van der Waals surface area contributed by atoms with Crippen molar-refractivity contribution in [3.8, 4) is 5.75 Å². The first-order valence-electron chi connectivity index (χ1n) is 10.6. The summed E-state index contributed by atoms with van der Waals surface area (Å²) in [6, 6.07) is 16.8. The lowest BCUT2D eigenvalue weighted by Gasteiger charge is -2.26. The van der Waals surface area contributed by atoms with Crippen LogP contribution in [0.2, 0.25) is 0 Å². The Labute approximate surface area is 166 Å². The number of rotatable bonds is 11. The molecule has 0 spiro atoms. The molecule has 0 saturated heterocycles. The minimum absolute atomic E-state index is 0.0327. The van der Waals surface area contributed by atoms with E-state index in [-0.39, 0.29) is 11.6 Å². The number of aryl methyl sites for hydroxylation is 1. The van der Waals surface area contributed by atoms with Gasteiger partial charge in [-0.3, -0.25) is 0 Å². The van der Waals surface area contributed by atoms with Gasteiger partial charge >= 0.3 is 0 Å². The van der Waals surface area contributed by atoms with Gasteiger partial charge in [0.2, 0.25) is 0 Å². The molecule has 0 amide bonds. The molecule has 0 bridgehead atoms. The Kier molecular flexibility index (Phi) is 8.37. The third-order valence-corrected chi connectivity index (χ3v) is 5.17. The van der Waals surface area contributed by atoms with Crippen LogP contribution < -0.4 is 10.5 Å². The number of unbranched alkanes of at least 4 members (excludes halogenated alkanes) is 5. The number of hydrogen-bond donors (Lipinski definition) is 1. The summed E-state index contributed by atoms with van der Waals surface area (Å²) < 4.78 is 6.41. The summed E-state index contributed by atoms with van der Waals surface area (Å²) in [5.74, 6) is 1.00. The van der Waals surface area contributed by atoms with Gasteiger partial charge in [0.05, 0.1) is 0 Å². The quantitative estimate of drug-likeness (QED) is 0.437.